The molecule has 0 aromatic carbocycles. The first-order valence-electron chi connectivity index (χ1n) is 1.52. The van der Waals surface area contributed by atoms with Crippen LogP contribution in [0.15, 0.2) is 0 Å². The van der Waals surface area contributed by atoms with E-state index in [-0.39, 0.29) is 1.43 Å². The predicted octanol–water partition coefficient (Wildman–Crippen LogP) is -0.189. The van der Waals surface area contributed by atoms with Crippen LogP contribution in [0.4, 0.5) is 0 Å². The van der Waals surface area contributed by atoms with Crippen LogP contribution in [0.5, 0.6) is 0 Å². The van der Waals surface area contributed by atoms with E-state index in [1.807, 2.05) is 0 Å². The summed E-state index contributed by atoms with van der Waals surface area (Å²) in [6.45, 7) is 0.381. The Morgan fingerprint density at radius 3 is 2.25 bits per heavy atom. The van der Waals surface area contributed by atoms with Crippen molar-refractivity contribution in [3.05, 3.63) is 0 Å². The molecule has 0 aromatic rings. The Balaban J connectivity index is 0. The largest absolute Gasteiger partial charge is 0 e. The van der Waals surface area contributed by atoms with Crippen molar-refractivity contribution in [1.29, 1.82) is 0 Å². The maximum atomic E-state index is 7.91. The van der Waals surface area contributed by atoms with Crippen LogP contribution in [0.3, 0.4) is 0 Å². The van der Waals surface area contributed by atoms with E-state index in [9.17, 15) is 0 Å². The van der Waals surface area contributed by atoms with Crippen LogP contribution in [0.1, 0.15) is 1.43 Å². The van der Waals surface area contributed by atoms with E-state index >= 15 is 0 Å². The first kappa shape index (κ1) is 4.96. The number of rotatable bonds is 1. The number of hydrogen-bond acceptors (Lipinski definition) is 1. The minimum atomic E-state index is 0. The molecule has 0 rings (SSSR count). The molecule has 0 aromatic heterocycles. The second-order valence-electron chi connectivity index (χ2n) is 0.724. The first-order chi connectivity index (χ1) is 1.91. The van der Waals surface area contributed by atoms with Crippen LogP contribution in [0.25, 0.3) is 0 Å². The van der Waals surface area contributed by atoms with Crippen molar-refractivity contribution in [2.45, 2.75) is 3.67 Å². The molecule has 0 saturated heterocycles. The van der Waals surface area contributed by atoms with Gasteiger partial charge in [-0.15, -0.1) is 0 Å². The molecule has 22 valence electrons. The third-order valence-electron chi connectivity index (χ3n) is 0.224. The van der Waals surface area contributed by atoms with Crippen LogP contribution in [0.2, 0.25) is 3.67 Å². The molecule has 0 amide bonds. The molecule has 0 unspecified atom stereocenters. The summed E-state index contributed by atoms with van der Waals surface area (Å²) < 4.78 is 1.01. The molecule has 0 bridgehead atoms. The predicted molar refractivity (Wildman–Crippen MR) is 19.8 cm³/mol. The van der Waals surface area contributed by atoms with Crippen molar-refractivity contribution < 1.29 is 6.53 Å². The summed E-state index contributed by atoms with van der Waals surface area (Å²) in [5.74, 6) is 0. The van der Waals surface area contributed by atoms with Crippen molar-refractivity contribution in [2.24, 2.45) is 0 Å². The van der Waals surface area contributed by atoms with Crippen LogP contribution in [-0.4, -0.2) is 39.6 Å². The summed E-state index contributed by atoms with van der Waals surface area (Å²) in [5.41, 5.74) is 0. The summed E-state index contributed by atoms with van der Waals surface area (Å²) in [6.07, 6.45) is 0. The van der Waals surface area contributed by atoms with E-state index in [1.165, 1.54) is 0 Å². The maximum absolute atomic E-state index is 7.91. The fourth-order valence-electron chi connectivity index (χ4n) is 0. The topological polar surface area (TPSA) is 20.2 Å². The minimum Gasteiger partial charge on any atom is 0 e. The van der Waals surface area contributed by atoms with E-state index in [2.05, 4.69) is 0 Å². The molecule has 2 heteroatoms. The van der Waals surface area contributed by atoms with E-state index in [1.54, 1.807) is 0 Å². The normalized spacial score (nSPS) is 7.75. The third-order valence-corrected chi connectivity index (χ3v) is 0.671. The van der Waals surface area contributed by atoms with Gasteiger partial charge < -0.3 is 0 Å². The summed E-state index contributed by atoms with van der Waals surface area (Å²) in [5, 5.41) is 7.91. The standard InChI is InChI=1S/C2H5O.Na.H2/c1-2-3;;/h3H,1-2H2;;1H. The van der Waals surface area contributed by atoms with Gasteiger partial charge in [0, 0.05) is 1.43 Å². The van der Waals surface area contributed by atoms with Crippen molar-refractivity contribution in [1.82, 2.24) is 0 Å². The number of aliphatic hydroxyl groups excluding tert-OH is 1. The smallest absolute Gasteiger partial charge is 0 e. The molecule has 0 spiro atoms. The minimum absolute atomic E-state index is 0. The van der Waals surface area contributed by atoms with Crippen LogP contribution in [0, 0.1) is 0 Å². The summed E-state index contributed by atoms with van der Waals surface area (Å²) in [7, 11) is 0. The quantitative estimate of drug-likeness (QED) is 0.424. The SMILES string of the molecule is OC[CH2][Na].[HH]. The van der Waals surface area contributed by atoms with Crippen LogP contribution >= 0.6 is 0 Å². The zero-order valence-corrected chi connectivity index (χ0v) is 4.86. The van der Waals surface area contributed by atoms with Gasteiger partial charge in [-0.3, -0.25) is 0 Å². The van der Waals surface area contributed by atoms with Gasteiger partial charge in [0.2, 0.25) is 0 Å². The van der Waals surface area contributed by atoms with Crippen LogP contribution in [-0.2, 0) is 0 Å². The van der Waals surface area contributed by atoms with E-state index < -0.39 is 0 Å². The molecule has 0 saturated carbocycles. The zero-order valence-electron chi connectivity index (χ0n) is 2.86. The summed E-state index contributed by atoms with van der Waals surface area (Å²) in [6, 6.07) is 0. The Morgan fingerprint density at radius 1 is 2.00 bits per heavy atom. The van der Waals surface area contributed by atoms with Crippen molar-refractivity contribution in [3.8, 4) is 0 Å². The second-order valence-corrected chi connectivity index (χ2v) is 1.72. The molecule has 0 aliphatic heterocycles. The summed E-state index contributed by atoms with van der Waals surface area (Å²) in [4.78, 5) is 0. The zero-order chi connectivity index (χ0) is 3.41. The Morgan fingerprint density at radius 2 is 2.25 bits per heavy atom. The fraction of sp³-hybridized carbons (Fsp3) is 1.00. The number of aliphatic hydroxyl groups is 1. The Bertz CT molecular complexity index is 11.6. The van der Waals surface area contributed by atoms with Gasteiger partial charge >= 0.3 is 43.3 Å². The molecule has 1 N–H and O–H groups in total. The van der Waals surface area contributed by atoms with Gasteiger partial charge in [0.05, 0.1) is 0 Å². The molecule has 0 aliphatic carbocycles. The fourth-order valence-corrected chi connectivity index (χ4v) is 0. The van der Waals surface area contributed by atoms with Gasteiger partial charge in [0.15, 0.2) is 0 Å². The van der Waals surface area contributed by atoms with E-state index in [0.717, 1.165) is 31.6 Å². The molecule has 0 heterocycles. The number of hydrogen-bond donors (Lipinski definition) is 1. The Hall–Kier alpha value is 0.960. The molecule has 0 fully saturated rings. The van der Waals surface area contributed by atoms with Gasteiger partial charge in [0.1, 0.15) is 0 Å². The van der Waals surface area contributed by atoms with Gasteiger partial charge in [0.25, 0.3) is 0 Å². The van der Waals surface area contributed by atoms with Crippen molar-refractivity contribution in [3.63, 3.8) is 0 Å². The van der Waals surface area contributed by atoms with Gasteiger partial charge in [-0.2, -0.15) is 0 Å². The molecule has 0 radical (unpaired) electrons. The second kappa shape index (κ2) is 3.96. The monoisotopic (exact) mass is 70.0 g/mol. The molecule has 1 nitrogen and oxygen atoms in total. The molecule has 0 aliphatic rings. The molecule has 4 heavy (non-hydrogen) atoms. The maximum Gasteiger partial charge on any atom is 0 e. The summed E-state index contributed by atoms with van der Waals surface area (Å²) >= 11 is 1.14. The average molecular weight is 70.1 g/mol. The Labute approximate surface area is 44.9 Å². The molecular formula is C2H7NaO. The molecular weight excluding hydrogens is 63.0 g/mol. The Kier molecular flexibility index (Phi) is 4.91. The van der Waals surface area contributed by atoms with Crippen molar-refractivity contribution >= 4 is 27.9 Å². The van der Waals surface area contributed by atoms with E-state index in [4.69, 9.17) is 5.11 Å². The third kappa shape index (κ3) is 2.96. The van der Waals surface area contributed by atoms with Gasteiger partial charge in [-0.1, -0.05) is 0 Å². The van der Waals surface area contributed by atoms with E-state index in [0.29, 0.717) is 6.61 Å². The first-order valence-corrected chi connectivity index (χ1v) is 2.94. The van der Waals surface area contributed by atoms with Crippen molar-refractivity contribution in [2.75, 3.05) is 6.61 Å². The average Bonchev–Trinajstić information content (AvgIpc) is 1.37. The molecule has 0 atom stereocenters. The van der Waals surface area contributed by atoms with Crippen LogP contribution < -0.4 is 0 Å². The van der Waals surface area contributed by atoms with Gasteiger partial charge in [-0.25, -0.2) is 0 Å². The van der Waals surface area contributed by atoms with Gasteiger partial charge in [-0.05, 0) is 0 Å².